The first-order valence-corrected chi connectivity index (χ1v) is 11.3. The van der Waals surface area contributed by atoms with Crippen LogP contribution in [0.3, 0.4) is 0 Å². The number of rotatable bonds is 13. The molecule has 3 aromatic carbocycles. The van der Waals surface area contributed by atoms with Crippen molar-refractivity contribution in [1.29, 1.82) is 0 Å². The van der Waals surface area contributed by atoms with Crippen LogP contribution in [0.1, 0.15) is 29.3 Å². The van der Waals surface area contributed by atoms with Gasteiger partial charge in [0, 0.05) is 11.5 Å². The van der Waals surface area contributed by atoms with Crippen LogP contribution in [0.4, 0.5) is 0 Å². The summed E-state index contributed by atoms with van der Waals surface area (Å²) in [4.78, 5) is 24.6. The molecular weight excluding hydrogens is 448 g/mol. The Morgan fingerprint density at radius 1 is 0.857 bits per heavy atom. The van der Waals surface area contributed by atoms with Crippen LogP contribution in [0.2, 0.25) is 0 Å². The summed E-state index contributed by atoms with van der Waals surface area (Å²) in [6, 6.07) is 25.3. The molecule has 0 aliphatic heterocycles. The number of nitrogens with one attached hydrogen (secondary N) is 2. The quantitative estimate of drug-likeness (QED) is 0.146. The normalized spacial score (nSPS) is 12.4. The summed E-state index contributed by atoms with van der Waals surface area (Å²) in [6.45, 7) is 2.23. The predicted molar refractivity (Wildman–Crippen MR) is 130 cm³/mol. The zero-order chi connectivity index (χ0) is 24.9. The van der Waals surface area contributed by atoms with E-state index in [1.807, 2.05) is 60.7 Å². The maximum Gasteiger partial charge on any atom is 0.251 e. The molecule has 0 fully saturated rings. The van der Waals surface area contributed by atoms with Gasteiger partial charge in [0.1, 0.15) is 18.3 Å². The number of carbonyl (C=O) groups excluding carboxylic acids is 2. The van der Waals surface area contributed by atoms with Gasteiger partial charge in [0.05, 0.1) is 19.3 Å². The van der Waals surface area contributed by atoms with Crippen molar-refractivity contribution in [3.63, 3.8) is 0 Å². The van der Waals surface area contributed by atoms with Crippen LogP contribution >= 0.6 is 0 Å². The number of hydrogen-bond acceptors (Lipinski definition) is 6. The number of para-hydroxylation sites is 1. The number of carbonyl (C=O) groups is 2. The van der Waals surface area contributed by atoms with Crippen LogP contribution in [0.25, 0.3) is 0 Å². The van der Waals surface area contributed by atoms with E-state index in [2.05, 4.69) is 5.32 Å². The van der Waals surface area contributed by atoms with Crippen molar-refractivity contribution >= 4 is 11.8 Å². The zero-order valence-electron chi connectivity index (χ0n) is 19.6. The van der Waals surface area contributed by atoms with E-state index < -0.39 is 17.9 Å². The number of hydroxylamine groups is 1. The third kappa shape index (κ3) is 8.86. The largest absolute Gasteiger partial charge is 0.457 e. The van der Waals surface area contributed by atoms with Gasteiger partial charge in [-0.2, -0.15) is 0 Å². The summed E-state index contributed by atoms with van der Waals surface area (Å²) in [5.41, 5.74) is 3.11. The molecule has 2 atom stereocenters. The highest BCUT2D eigenvalue weighted by Crippen LogP contribution is 2.21. The van der Waals surface area contributed by atoms with E-state index in [0.29, 0.717) is 23.7 Å². The molecule has 0 saturated heterocycles. The molecule has 3 rings (SSSR count). The van der Waals surface area contributed by atoms with E-state index in [9.17, 15) is 9.59 Å². The van der Waals surface area contributed by atoms with Crippen LogP contribution < -0.4 is 15.5 Å². The first kappa shape index (κ1) is 25.9. The number of amides is 2. The Morgan fingerprint density at radius 2 is 1.49 bits per heavy atom. The van der Waals surface area contributed by atoms with Crippen molar-refractivity contribution in [1.82, 2.24) is 10.8 Å². The van der Waals surface area contributed by atoms with Crippen LogP contribution in [-0.2, 0) is 20.9 Å². The van der Waals surface area contributed by atoms with Crippen molar-refractivity contribution in [2.75, 3.05) is 13.4 Å². The molecule has 8 nitrogen and oxygen atoms in total. The number of ether oxygens (including phenoxy) is 3. The molecule has 3 N–H and O–H groups in total. The maximum absolute atomic E-state index is 12.8. The van der Waals surface area contributed by atoms with Gasteiger partial charge in [0.2, 0.25) is 5.91 Å². The van der Waals surface area contributed by atoms with Crippen LogP contribution in [0, 0.1) is 5.92 Å². The lowest BCUT2D eigenvalue weighted by molar-refractivity contribution is -0.133. The van der Waals surface area contributed by atoms with Gasteiger partial charge >= 0.3 is 0 Å². The second-order valence-corrected chi connectivity index (χ2v) is 8.05. The average molecular weight is 479 g/mol. The molecule has 0 saturated carbocycles. The fourth-order valence-electron chi connectivity index (χ4n) is 3.36. The van der Waals surface area contributed by atoms with Gasteiger partial charge in [0.25, 0.3) is 5.91 Å². The van der Waals surface area contributed by atoms with E-state index in [1.165, 1.54) is 0 Å². The van der Waals surface area contributed by atoms with E-state index in [0.717, 1.165) is 5.56 Å². The summed E-state index contributed by atoms with van der Waals surface area (Å²) >= 11 is 0. The second kappa shape index (κ2) is 13.9. The highest BCUT2D eigenvalue weighted by atomic mass is 16.7. The lowest BCUT2D eigenvalue weighted by atomic mass is 10.0. The molecule has 0 heterocycles. The molecule has 0 bridgehead atoms. The maximum atomic E-state index is 12.8. The first-order valence-electron chi connectivity index (χ1n) is 11.3. The van der Waals surface area contributed by atoms with Crippen molar-refractivity contribution in [3.8, 4) is 11.5 Å². The molecular formula is C27H30N2O6. The Hall–Kier alpha value is -3.72. The zero-order valence-corrected chi connectivity index (χ0v) is 19.6. The lowest BCUT2D eigenvalue weighted by Gasteiger charge is -2.21. The second-order valence-electron chi connectivity index (χ2n) is 8.05. The molecule has 35 heavy (non-hydrogen) atoms. The van der Waals surface area contributed by atoms with Crippen molar-refractivity contribution < 1.29 is 29.0 Å². The van der Waals surface area contributed by atoms with Crippen LogP contribution in [-0.4, -0.2) is 36.5 Å². The van der Waals surface area contributed by atoms with Crippen molar-refractivity contribution in [2.45, 2.75) is 26.0 Å². The average Bonchev–Trinajstić information content (AvgIpc) is 2.89. The Kier molecular flexibility index (Phi) is 10.3. The first-order chi connectivity index (χ1) is 17.0. The molecule has 0 unspecified atom stereocenters. The van der Waals surface area contributed by atoms with Crippen molar-refractivity contribution in [3.05, 3.63) is 96.1 Å². The van der Waals surface area contributed by atoms with E-state index in [-0.39, 0.29) is 25.7 Å². The van der Waals surface area contributed by atoms with Gasteiger partial charge in [0.15, 0.2) is 0 Å². The Bertz CT molecular complexity index is 1040. The summed E-state index contributed by atoms with van der Waals surface area (Å²) in [6.07, 6.45) is 0.270. The minimum atomic E-state index is -0.541. The molecule has 3 aromatic rings. The minimum Gasteiger partial charge on any atom is -0.457 e. The third-order valence-electron chi connectivity index (χ3n) is 5.22. The highest BCUT2D eigenvalue weighted by Gasteiger charge is 2.21. The molecule has 8 heteroatoms. The summed E-state index contributed by atoms with van der Waals surface area (Å²) in [5, 5.41) is 11.8. The third-order valence-corrected chi connectivity index (χ3v) is 5.22. The minimum absolute atomic E-state index is 0.0351. The summed E-state index contributed by atoms with van der Waals surface area (Å²) in [7, 11) is 0. The molecule has 0 spiro atoms. The SMILES string of the molecule is C[C@@H](C[C@@H](COCOCc1ccccc1)NC(=O)c1ccc(Oc2ccccc2)cc1)C(=O)NO. The molecule has 0 radical (unpaired) electrons. The van der Waals surface area contributed by atoms with Gasteiger partial charge in [-0.1, -0.05) is 55.5 Å². The predicted octanol–water partition coefficient (Wildman–Crippen LogP) is 4.30. The Balaban J connectivity index is 1.53. The molecule has 0 aliphatic carbocycles. The van der Waals surface area contributed by atoms with Gasteiger partial charge in [-0.25, -0.2) is 5.48 Å². The van der Waals surface area contributed by atoms with Crippen molar-refractivity contribution in [2.24, 2.45) is 5.92 Å². The molecule has 2 amide bonds. The molecule has 0 aromatic heterocycles. The van der Waals surface area contributed by atoms with Gasteiger partial charge in [-0.3, -0.25) is 14.8 Å². The number of benzene rings is 3. The fourth-order valence-corrected chi connectivity index (χ4v) is 3.36. The van der Waals surface area contributed by atoms with Gasteiger partial charge in [-0.15, -0.1) is 0 Å². The van der Waals surface area contributed by atoms with Gasteiger partial charge in [-0.05, 0) is 48.4 Å². The summed E-state index contributed by atoms with van der Waals surface area (Å²) in [5.74, 6) is -0.0802. The highest BCUT2D eigenvalue weighted by molar-refractivity contribution is 5.94. The van der Waals surface area contributed by atoms with Crippen LogP contribution in [0.15, 0.2) is 84.9 Å². The number of hydrogen-bond donors (Lipinski definition) is 3. The smallest absolute Gasteiger partial charge is 0.251 e. The lowest BCUT2D eigenvalue weighted by Crippen LogP contribution is -2.41. The molecule has 0 aliphatic rings. The standard InChI is InChI=1S/C27H30N2O6/c1-20(26(30)29-32)16-23(18-34-19-33-17-21-8-4-2-5-9-21)28-27(31)22-12-14-25(15-13-22)35-24-10-6-3-7-11-24/h2-15,20,23,32H,16-19H2,1H3,(H,28,31)(H,29,30)/t20-,23-/m0/s1. The van der Waals surface area contributed by atoms with Gasteiger partial charge < -0.3 is 19.5 Å². The Morgan fingerprint density at radius 3 is 2.14 bits per heavy atom. The summed E-state index contributed by atoms with van der Waals surface area (Å²) < 4.78 is 16.9. The topological polar surface area (TPSA) is 106 Å². The monoisotopic (exact) mass is 478 g/mol. The van der Waals surface area contributed by atoms with Crippen LogP contribution in [0.5, 0.6) is 11.5 Å². The molecule has 184 valence electrons. The van der Waals surface area contributed by atoms with E-state index in [4.69, 9.17) is 19.4 Å². The fraction of sp³-hybridized carbons (Fsp3) is 0.259. The Labute approximate surface area is 204 Å². The van der Waals surface area contributed by atoms with E-state index in [1.54, 1.807) is 36.7 Å². The van der Waals surface area contributed by atoms with E-state index >= 15 is 0 Å².